The van der Waals surface area contributed by atoms with Crippen LogP contribution >= 0.6 is 15.9 Å². The lowest BCUT2D eigenvalue weighted by Crippen LogP contribution is -2.42. The van der Waals surface area contributed by atoms with E-state index in [1.165, 1.54) is 29.3 Å². The van der Waals surface area contributed by atoms with E-state index in [9.17, 15) is 0 Å². The minimum Gasteiger partial charge on any atom is -0.329 e. The van der Waals surface area contributed by atoms with Gasteiger partial charge in [0.1, 0.15) is 0 Å². The highest BCUT2D eigenvalue weighted by Crippen LogP contribution is 2.37. The number of benzene rings is 1. The molecular formula is C16H25BrN2. The Balaban J connectivity index is 2.10. The van der Waals surface area contributed by atoms with E-state index in [0.29, 0.717) is 18.0 Å². The van der Waals surface area contributed by atoms with Crippen LogP contribution in [0.1, 0.15) is 44.7 Å². The number of hydrogen-bond donors (Lipinski definition) is 1. The third-order valence-electron chi connectivity index (χ3n) is 4.79. The number of piperidine rings is 1. The third-order valence-corrected chi connectivity index (χ3v) is 5.51. The first kappa shape index (κ1) is 15.0. The van der Waals surface area contributed by atoms with E-state index in [-0.39, 0.29) is 0 Å². The second-order valence-electron chi connectivity index (χ2n) is 5.97. The van der Waals surface area contributed by atoms with Gasteiger partial charge in [-0.3, -0.25) is 4.90 Å². The molecule has 1 aromatic carbocycles. The molecule has 1 fully saturated rings. The van der Waals surface area contributed by atoms with Gasteiger partial charge in [-0.15, -0.1) is 0 Å². The van der Waals surface area contributed by atoms with E-state index < -0.39 is 0 Å². The summed E-state index contributed by atoms with van der Waals surface area (Å²) in [5, 5.41) is 0. The normalized spacial score (nSPS) is 21.3. The summed E-state index contributed by atoms with van der Waals surface area (Å²) < 4.78 is 1.18. The van der Waals surface area contributed by atoms with Gasteiger partial charge in [-0.05, 0) is 43.0 Å². The number of rotatable bonds is 4. The molecule has 1 aliphatic rings. The summed E-state index contributed by atoms with van der Waals surface area (Å²) in [5.41, 5.74) is 7.90. The lowest BCUT2D eigenvalue weighted by Gasteiger charge is -2.42. The van der Waals surface area contributed by atoms with Crippen molar-refractivity contribution >= 4 is 15.9 Å². The first-order chi connectivity index (χ1) is 9.09. The molecule has 1 aromatic rings. The zero-order chi connectivity index (χ0) is 13.9. The lowest BCUT2D eigenvalue weighted by molar-refractivity contribution is 0.0826. The van der Waals surface area contributed by atoms with E-state index >= 15 is 0 Å². The molecule has 2 rings (SSSR count). The molecule has 1 aliphatic heterocycles. The van der Waals surface area contributed by atoms with Crippen LogP contribution in [0, 0.1) is 5.41 Å². The van der Waals surface area contributed by atoms with E-state index in [0.717, 1.165) is 13.1 Å². The van der Waals surface area contributed by atoms with Crippen LogP contribution in [0.3, 0.4) is 0 Å². The van der Waals surface area contributed by atoms with Gasteiger partial charge in [0.15, 0.2) is 0 Å². The van der Waals surface area contributed by atoms with Gasteiger partial charge in [0.05, 0.1) is 0 Å². The molecule has 0 aromatic heterocycles. The SMILES string of the molecule is CCC1(C)CCN(C(CN)c2ccccc2Br)CC1. The molecule has 1 heterocycles. The molecule has 2 N–H and O–H groups in total. The van der Waals surface area contributed by atoms with E-state index in [1.807, 2.05) is 0 Å². The van der Waals surface area contributed by atoms with Gasteiger partial charge >= 0.3 is 0 Å². The van der Waals surface area contributed by atoms with Crippen LogP contribution in [0.5, 0.6) is 0 Å². The van der Waals surface area contributed by atoms with Crippen molar-refractivity contribution in [3.63, 3.8) is 0 Å². The van der Waals surface area contributed by atoms with Gasteiger partial charge < -0.3 is 5.73 Å². The summed E-state index contributed by atoms with van der Waals surface area (Å²) in [6.45, 7) is 7.73. The topological polar surface area (TPSA) is 29.3 Å². The molecule has 1 unspecified atom stereocenters. The van der Waals surface area contributed by atoms with Crippen molar-refractivity contribution < 1.29 is 0 Å². The van der Waals surface area contributed by atoms with Crippen molar-refractivity contribution in [3.8, 4) is 0 Å². The maximum absolute atomic E-state index is 6.04. The zero-order valence-electron chi connectivity index (χ0n) is 12.0. The maximum Gasteiger partial charge on any atom is 0.0481 e. The van der Waals surface area contributed by atoms with Gasteiger partial charge in [0, 0.05) is 17.1 Å². The fourth-order valence-electron chi connectivity index (χ4n) is 2.95. The largest absolute Gasteiger partial charge is 0.329 e. The number of nitrogens with two attached hydrogens (primary N) is 1. The van der Waals surface area contributed by atoms with Gasteiger partial charge in [0.25, 0.3) is 0 Å². The first-order valence-electron chi connectivity index (χ1n) is 7.28. The molecule has 19 heavy (non-hydrogen) atoms. The van der Waals surface area contributed by atoms with Crippen LogP contribution in [0.25, 0.3) is 0 Å². The Hall–Kier alpha value is -0.380. The van der Waals surface area contributed by atoms with Crippen LogP contribution in [-0.2, 0) is 0 Å². The number of nitrogens with zero attached hydrogens (tertiary/aromatic N) is 1. The summed E-state index contributed by atoms with van der Waals surface area (Å²) in [5.74, 6) is 0. The highest BCUT2D eigenvalue weighted by Gasteiger charge is 2.31. The molecule has 3 heteroatoms. The number of likely N-dealkylation sites (tertiary alicyclic amines) is 1. The summed E-state index contributed by atoms with van der Waals surface area (Å²) in [6, 6.07) is 8.80. The smallest absolute Gasteiger partial charge is 0.0481 e. The van der Waals surface area contributed by atoms with E-state index in [1.54, 1.807) is 0 Å². The minimum atomic E-state index is 0.344. The van der Waals surface area contributed by atoms with Crippen LogP contribution < -0.4 is 5.73 Å². The molecule has 0 saturated carbocycles. The fourth-order valence-corrected chi connectivity index (χ4v) is 3.50. The molecular weight excluding hydrogens is 300 g/mol. The summed E-state index contributed by atoms with van der Waals surface area (Å²) in [7, 11) is 0. The second kappa shape index (κ2) is 6.38. The highest BCUT2D eigenvalue weighted by atomic mass is 79.9. The van der Waals surface area contributed by atoms with Crippen LogP contribution in [-0.4, -0.2) is 24.5 Å². The predicted molar refractivity (Wildman–Crippen MR) is 85.1 cm³/mol. The van der Waals surface area contributed by atoms with Gasteiger partial charge in [-0.25, -0.2) is 0 Å². The monoisotopic (exact) mass is 324 g/mol. The average molecular weight is 325 g/mol. The molecule has 1 atom stereocenters. The van der Waals surface area contributed by atoms with E-state index in [2.05, 4.69) is 58.9 Å². The highest BCUT2D eigenvalue weighted by molar-refractivity contribution is 9.10. The lowest BCUT2D eigenvalue weighted by atomic mass is 9.78. The molecule has 106 valence electrons. The Bertz CT molecular complexity index is 411. The van der Waals surface area contributed by atoms with Crippen molar-refractivity contribution in [1.82, 2.24) is 4.90 Å². The Morgan fingerprint density at radius 2 is 1.95 bits per heavy atom. The average Bonchev–Trinajstić information content (AvgIpc) is 2.44. The van der Waals surface area contributed by atoms with Crippen molar-refractivity contribution in [1.29, 1.82) is 0 Å². The Kier molecular flexibility index (Phi) is 5.04. The summed E-state index contributed by atoms with van der Waals surface area (Å²) in [6.07, 6.45) is 3.85. The van der Waals surface area contributed by atoms with Crippen LogP contribution in [0.2, 0.25) is 0 Å². The Labute approximate surface area is 125 Å². The standard InChI is InChI=1S/C16H25BrN2/c1-3-16(2)8-10-19(11-9-16)15(12-18)13-6-4-5-7-14(13)17/h4-7,15H,3,8-12,18H2,1-2H3. The Morgan fingerprint density at radius 3 is 2.47 bits per heavy atom. The van der Waals surface area contributed by atoms with E-state index in [4.69, 9.17) is 5.73 Å². The fraction of sp³-hybridized carbons (Fsp3) is 0.625. The number of halogens is 1. The quantitative estimate of drug-likeness (QED) is 0.908. The number of hydrogen-bond acceptors (Lipinski definition) is 2. The molecule has 0 aliphatic carbocycles. The second-order valence-corrected chi connectivity index (χ2v) is 6.83. The van der Waals surface area contributed by atoms with Crippen molar-refractivity contribution in [2.24, 2.45) is 11.1 Å². The molecule has 2 nitrogen and oxygen atoms in total. The van der Waals surface area contributed by atoms with Crippen molar-refractivity contribution in [2.45, 2.75) is 39.2 Å². The molecule has 1 saturated heterocycles. The Morgan fingerprint density at radius 1 is 1.32 bits per heavy atom. The third kappa shape index (κ3) is 3.39. The van der Waals surface area contributed by atoms with Crippen molar-refractivity contribution in [2.75, 3.05) is 19.6 Å². The van der Waals surface area contributed by atoms with Crippen LogP contribution in [0.15, 0.2) is 28.7 Å². The first-order valence-corrected chi connectivity index (χ1v) is 8.07. The molecule has 0 bridgehead atoms. The van der Waals surface area contributed by atoms with Gasteiger partial charge in [-0.2, -0.15) is 0 Å². The van der Waals surface area contributed by atoms with Crippen LogP contribution in [0.4, 0.5) is 0 Å². The zero-order valence-corrected chi connectivity index (χ0v) is 13.6. The predicted octanol–water partition coefficient (Wildman–Crippen LogP) is 3.96. The molecule has 0 amide bonds. The van der Waals surface area contributed by atoms with Gasteiger partial charge in [-0.1, -0.05) is 54.4 Å². The summed E-state index contributed by atoms with van der Waals surface area (Å²) in [4.78, 5) is 2.55. The molecule has 0 spiro atoms. The minimum absolute atomic E-state index is 0.344. The van der Waals surface area contributed by atoms with Gasteiger partial charge in [0.2, 0.25) is 0 Å². The molecule has 0 radical (unpaired) electrons. The maximum atomic E-state index is 6.04. The van der Waals surface area contributed by atoms with Crippen molar-refractivity contribution in [3.05, 3.63) is 34.3 Å². The summed E-state index contributed by atoms with van der Waals surface area (Å²) >= 11 is 3.66.